The molecule has 0 heterocycles. The lowest BCUT2D eigenvalue weighted by Crippen LogP contribution is -2.23. The monoisotopic (exact) mass is 419 g/mol. The third-order valence-corrected chi connectivity index (χ3v) is 5.69. The van der Waals surface area contributed by atoms with E-state index in [2.05, 4.69) is 5.32 Å². The van der Waals surface area contributed by atoms with Crippen LogP contribution in [0.3, 0.4) is 0 Å². The Hall–Kier alpha value is -3.29. The van der Waals surface area contributed by atoms with Crippen molar-refractivity contribution in [1.29, 1.82) is 5.26 Å². The van der Waals surface area contributed by atoms with Crippen LogP contribution in [0, 0.1) is 11.3 Å². The van der Waals surface area contributed by atoms with Gasteiger partial charge in [0.25, 0.3) is 5.91 Å². The molecule has 2 aromatic rings. The molecule has 0 aromatic heterocycles. The highest BCUT2D eigenvalue weighted by Gasteiger charge is 2.20. The summed E-state index contributed by atoms with van der Waals surface area (Å²) >= 11 is 0. The van der Waals surface area contributed by atoms with Gasteiger partial charge in [0.15, 0.2) is 18.1 Å². The average Bonchev–Trinajstić information content (AvgIpc) is 2.71. The maximum absolute atomic E-state index is 12.3. The summed E-state index contributed by atoms with van der Waals surface area (Å²) in [7, 11) is 1.98. The molecule has 2 rings (SSSR count). The molecule has 0 saturated carbocycles. The van der Waals surface area contributed by atoms with Crippen molar-refractivity contribution in [1.82, 2.24) is 4.31 Å². The van der Waals surface area contributed by atoms with Crippen molar-refractivity contribution in [3.8, 4) is 23.3 Å². The molecule has 9 nitrogen and oxygen atoms in total. The van der Waals surface area contributed by atoms with Crippen LogP contribution in [-0.2, 0) is 14.8 Å². The van der Waals surface area contributed by atoms with Crippen molar-refractivity contribution in [2.24, 2.45) is 0 Å². The number of methoxy groups -OCH3 is 2. The first-order valence-electron chi connectivity index (χ1n) is 8.34. The summed E-state index contributed by atoms with van der Waals surface area (Å²) in [6, 6.07) is 10.7. The highest BCUT2D eigenvalue weighted by Crippen LogP contribution is 2.30. The topological polar surface area (TPSA) is 118 Å². The second-order valence-electron chi connectivity index (χ2n) is 5.96. The van der Waals surface area contributed by atoms with Gasteiger partial charge in [-0.25, -0.2) is 12.7 Å². The number of ether oxygens (including phenoxy) is 3. The normalized spacial score (nSPS) is 10.9. The summed E-state index contributed by atoms with van der Waals surface area (Å²) in [5.74, 6) is 0.368. The van der Waals surface area contributed by atoms with Gasteiger partial charge >= 0.3 is 0 Å². The van der Waals surface area contributed by atoms with Gasteiger partial charge in [0.2, 0.25) is 10.0 Å². The summed E-state index contributed by atoms with van der Waals surface area (Å²) in [6.45, 7) is -0.365. The molecule has 2 aromatic carbocycles. The van der Waals surface area contributed by atoms with Crippen LogP contribution >= 0.6 is 0 Å². The minimum Gasteiger partial charge on any atom is -0.495 e. The molecule has 0 unspecified atom stereocenters. The van der Waals surface area contributed by atoms with Gasteiger partial charge in [0.1, 0.15) is 5.75 Å². The van der Waals surface area contributed by atoms with Gasteiger partial charge in [0.05, 0.1) is 36.4 Å². The molecule has 0 spiro atoms. The van der Waals surface area contributed by atoms with Crippen molar-refractivity contribution in [2.75, 3.05) is 40.2 Å². The molecule has 0 radical (unpaired) electrons. The lowest BCUT2D eigenvalue weighted by atomic mass is 10.2. The number of amides is 1. The van der Waals surface area contributed by atoms with Crippen LogP contribution in [0.15, 0.2) is 41.3 Å². The molecule has 0 fully saturated rings. The Morgan fingerprint density at radius 1 is 1.07 bits per heavy atom. The maximum atomic E-state index is 12.3. The fraction of sp³-hybridized carbons (Fsp3) is 0.263. The van der Waals surface area contributed by atoms with Crippen LogP contribution in [0.4, 0.5) is 5.69 Å². The van der Waals surface area contributed by atoms with E-state index >= 15 is 0 Å². The highest BCUT2D eigenvalue weighted by atomic mass is 32.2. The number of nitriles is 1. The number of hydrogen-bond donors (Lipinski definition) is 1. The molecular formula is C19H21N3O6S. The Labute approximate surface area is 169 Å². The maximum Gasteiger partial charge on any atom is 0.262 e. The Balaban J connectivity index is 2.18. The van der Waals surface area contributed by atoms with Gasteiger partial charge in [-0.3, -0.25) is 4.79 Å². The highest BCUT2D eigenvalue weighted by molar-refractivity contribution is 7.89. The molecular weight excluding hydrogens is 398 g/mol. The molecule has 10 heteroatoms. The Kier molecular flexibility index (Phi) is 7.03. The van der Waals surface area contributed by atoms with Gasteiger partial charge in [-0.15, -0.1) is 0 Å². The smallest absolute Gasteiger partial charge is 0.262 e. The van der Waals surface area contributed by atoms with E-state index in [1.54, 1.807) is 0 Å². The second kappa shape index (κ2) is 9.27. The molecule has 1 N–H and O–H groups in total. The minimum absolute atomic E-state index is 0.00767. The number of nitrogens with one attached hydrogen (secondary N) is 1. The van der Waals surface area contributed by atoms with E-state index in [1.807, 2.05) is 6.07 Å². The van der Waals surface area contributed by atoms with Gasteiger partial charge < -0.3 is 19.5 Å². The van der Waals surface area contributed by atoms with Crippen LogP contribution in [0.25, 0.3) is 0 Å². The van der Waals surface area contributed by atoms with Gasteiger partial charge in [-0.2, -0.15) is 5.26 Å². The molecule has 0 saturated heterocycles. The third-order valence-electron chi connectivity index (χ3n) is 3.88. The minimum atomic E-state index is -3.68. The number of anilines is 1. The Morgan fingerprint density at radius 3 is 2.31 bits per heavy atom. The Bertz CT molecular complexity index is 1040. The van der Waals surface area contributed by atoms with Crippen molar-refractivity contribution in [2.45, 2.75) is 4.90 Å². The van der Waals surface area contributed by atoms with Gasteiger partial charge in [0, 0.05) is 20.2 Å². The lowest BCUT2D eigenvalue weighted by molar-refractivity contribution is -0.118. The predicted molar refractivity (Wildman–Crippen MR) is 106 cm³/mol. The second-order valence-corrected chi connectivity index (χ2v) is 8.12. The summed E-state index contributed by atoms with van der Waals surface area (Å²) in [5, 5.41) is 11.5. The van der Waals surface area contributed by atoms with Crippen LogP contribution in [0.2, 0.25) is 0 Å². The third kappa shape index (κ3) is 5.16. The van der Waals surface area contributed by atoms with E-state index in [1.165, 1.54) is 64.7 Å². The molecule has 1 amide bonds. The van der Waals surface area contributed by atoms with E-state index in [9.17, 15) is 13.2 Å². The van der Waals surface area contributed by atoms with Crippen LogP contribution in [0.5, 0.6) is 17.2 Å². The number of benzene rings is 2. The number of sulfonamides is 1. The van der Waals surface area contributed by atoms with Crippen LogP contribution < -0.4 is 19.5 Å². The van der Waals surface area contributed by atoms with E-state index < -0.39 is 15.9 Å². The molecule has 29 heavy (non-hydrogen) atoms. The van der Waals surface area contributed by atoms with Crippen LogP contribution in [-0.4, -0.2) is 53.6 Å². The van der Waals surface area contributed by atoms with E-state index in [0.29, 0.717) is 17.1 Å². The summed E-state index contributed by atoms with van der Waals surface area (Å²) < 4.78 is 41.5. The fourth-order valence-corrected chi connectivity index (χ4v) is 3.27. The number of carbonyl (C=O) groups excluding carboxylic acids is 1. The van der Waals surface area contributed by atoms with E-state index in [4.69, 9.17) is 19.5 Å². The van der Waals surface area contributed by atoms with Crippen molar-refractivity contribution in [3.05, 3.63) is 42.0 Å². The zero-order chi connectivity index (χ0) is 21.6. The number of hydrogen-bond acceptors (Lipinski definition) is 7. The SMILES string of the molecule is COc1ccc(S(=O)(=O)N(C)C)cc1NC(=O)COc1ccc(C#N)cc1OC. The van der Waals surface area contributed by atoms with Crippen molar-refractivity contribution in [3.63, 3.8) is 0 Å². The summed E-state index contributed by atoms with van der Waals surface area (Å²) in [6.07, 6.45) is 0. The number of rotatable bonds is 8. The standard InChI is InChI=1S/C19H21N3O6S/c1-22(2)29(24,25)14-6-8-16(26-3)15(10-14)21-19(23)12-28-17-7-5-13(11-20)9-18(17)27-4/h5-10H,12H2,1-4H3,(H,21,23). The first-order valence-corrected chi connectivity index (χ1v) is 9.78. The molecule has 0 atom stereocenters. The molecule has 0 bridgehead atoms. The summed E-state index contributed by atoms with van der Waals surface area (Å²) in [4.78, 5) is 12.3. The quantitative estimate of drug-likeness (QED) is 0.694. The van der Waals surface area contributed by atoms with Gasteiger partial charge in [-0.1, -0.05) is 0 Å². The summed E-state index contributed by atoms with van der Waals surface area (Å²) in [5.41, 5.74) is 0.582. The molecule has 0 aliphatic carbocycles. The predicted octanol–water partition coefficient (Wildman–Crippen LogP) is 1.84. The average molecular weight is 419 g/mol. The molecule has 154 valence electrons. The largest absolute Gasteiger partial charge is 0.495 e. The zero-order valence-electron chi connectivity index (χ0n) is 16.4. The number of carbonyl (C=O) groups is 1. The van der Waals surface area contributed by atoms with E-state index in [0.717, 1.165) is 4.31 Å². The van der Waals surface area contributed by atoms with Crippen molar-refractivity contribution < 1.29 is 27.4 Å². The van der Waals surface area contributed by atoms with Crippen LogP contribution in [0.1, 0.15) is 5.56 Å². The first kappa shape index (κ1) is 22.0. The number of nitrogens with zero attached hydrogens (tertiary/aromatic N) is 2. The Morgan fingerprint density at radius 2 is 1.72 bits per heavy atom. The zero-order valence-corrected chi connectivity index (χ0v) is 17.2. The fourth-order valence-electron chi connectivity index (χ4n) is 2.34. The lowest BCUT2D eigenvalue weighted by Gasteiger charge is -2.15. The van der Waals surface area contributed by atoms with Gasteiger partial charge in [-0.05, 0) is 30.3 Å². The first-order chi connectivity index (χ1) is 13.7. The molecule has 0 aliphatic rings. The van der Waals surface area contributed by atoms with E-state index in [-0.39, 0.29) is 22.9 Å². The van der Waals surface area contributed by atoms with Crippen molar-refractivity contribution >= 4 is 21.6 Å². The molecule has 0 aliphatic heterocycles.